The van der Waals surface area contributed by atoms with Crippen molar-refractivity contribution in [1.82, 2.24) is 15.0 Å². The second kappa shape index (κ2) is 5.37. The van der Waals surface area contributed by atoms with Crippen molar-refractivity contribution in [2.75, 3.05) is 0 Å². The molecule has 1 aromatic heterocycles. The second-order valence-electron chi connectivity index (χ2n) is 4.03. The summed E-state index contributed by atoms with van der Waals surface area (Å²) < 4.78 is 7.23. The zero-order chi connectivity index (χ0) is 13.1. The van der Waals surface area contributed by atoms with Gasteiger partial charge in [-0.3, -0.25) is 4.68 Å². The molecule has 18 heavy (non-hydrogen) atoms. The fourth-order valence-corrected chi connectivity index (χ4v) is 1.77. The predicted molar refractivity (Wildman–Crippen MR) is 67.4 cm³/mol. The number of hydrogen-bond donors (Lipinski definition) is 1. The lowest BCUT2D eigenvalue weighted by Gasteiger charge is -2.12. The van der Waals surface area contributed by atoms with Crippen LogP contribution < -0.4 is 4.74 Å². The van der Waals surface area contributed by atoms with E-state index >= 15 is 0 Å². The second-order valence-corrected chi connectivity index (χ2v) is 4.47. The summed E-state index contributed by atoms with van der Waals surface area (Å²) in [6.45, 7) is 1.97. The number of hydrogen-bond acceptors (Lipinski definition) is 4. The summed E-state index contributed by atoms with van der Waals surface area (Å²) in [7, 11) is 1.79. The van der Waals surface area contributed by atoms with Crippen LogP contribution >= 0.6 is 11.6 Å². The molecule has 2 rings (SSSR count). The van der Waals surface area contributed by atoms with Crippen molar-refractivity contribution in [3.05, 3.63) is 40.7 Å². The largest absolute Gasteiger partial charge is 0.487 e. The smallest absolute Gasteiger partial charge is 0.134 e. The van der Waals surface area contributed by atoms with Crippen LogP contribution in [0.2, 0.25) is 5.02 Å². The molecule has 2 aromatic rings. The lowest BCUT2D eigenvalue weighted by Crippen LogP contribution is -2.01. The molecule has 0 bridgehead atoms. The Labute approximate surface area is 110 Å². The molecule has 6 heteroatoms. The molecule has 0 saturated heterocycles. The van der Waals surface area contributed by atoms with E-state index in [0.29, 0.717) is 22.9 Å². The van der Waals surface area contributed by atoms with Crippen LogP contribution in [0.25, 0.3) is 0 Å². The monoisotopic (exact) mass is 267 g/mol. The lowest BCUT2D eigenvalue weighted by molar-refractivity contribution is 0.190. The van der Waals surface area contributed by atoms with Crippen molar-refractivity contribution in [1.29, 1.82) is 0 Å². The first-order valence-electron chi connectivity index (χ1n) is 5.52. The topological polar surface area (TPSA) is 60.2 Å². The van der Waals surface area contributed by atoms with Gasteiger partial charge in [-0.05, 0) is 25.1 Å². The first-order chi connectivity index (χ1) is 8.56. The van der Waals surface area contributed by atoms with Crippen molar-refractivity contribution in [2.45, 2.75) is 19.6 Å². The van der Waals surface area contributed by atoms with Crippen LogP contribution in [0.4, 0.5) is 0 Å². The van der Waals surface area contributed by atoms with Gasteiger partial charge in [-0.1, -0.05) is 16.8 Å². The van der Waals surface area contributed by atoms with Gasteiger partial charge in [0.05, 0.1) is 12.3 Å². The summed E-state index contributed by atoms with van der Waals surface area (Å²) in [5.41, 5.74) is 1.38. The Morgan fingerprint density at radius 2 is 2.28 bits per heavy atom. The van der Waals surface area contributed by atoms with Gasteiger partial charge in [0.2, 0.25) is 0 Å². The molecule has 96 valence electrons. The third-order valence-corrected chi connectivity index (χ3v) is 2.68. The maximum atomic E-state index is 9.66. The third-order valence-electron chi connectivity index (χ3n) is 2.45. The van der Waals surface area contributed by atoms with Crippen molar-refractivity contribution in [3.8, 4) is 5.75 Å². The van der Waals surface area contributed by atoms with E-state index in [9.17, 15) is 5.11 Å². The maximum Gasteiger partial charge on any atom is 0.134 e. The van der Waals surface area contributed by atoms with Crippen LogP contribution in [0.3, 0.4) is 0 Å². The lowest BCUT2D eigenvalue weighted by atomic mass is 10.1. The fraction of sp³-hybridized carbons (Fsp3) is 0.333. The van der Waals surface area contributed by atoms with Gasteiger partial charge >= 0.3 is 0 Å². The number of halogens is 1. The number of ether oxygens (including phenoxy) is 1. The van der Waals surface area contributed by atoms with E-state index in [-0.39, 0.29) is 0 Å². The molecule has 0 aliphatic heterocycles. The highest BCUT2D eigenvalue weighted by atomic mass is 35.5. The van der Waals surface area contributed by atoms with Crippen molar-refractivity contribution in [2.24, 2.45) is 7.05 Å². The van der Waals surface area contributed by atoms with Crippen LogP contribution in [0, 0.1) is 0 Å². The molecule has 1 heterocycles. The Morgan fingerprint density at radius 1 is 1.50 bits per heavy atom. The molecule has 1 atom stereocenters. The van der Waals surface area contributed by atoms with Gasteiger partial charge in [-0.15, -0.1) is 5.10 Å². The SMILES string of the molecule is CC(O)c1cc(Cl)ccc1OCc1cn(C)nn1. The molecule has 0 amide bonds. The van der Waals surface area contributed by atoms with Gasteiger partial charge in [-0.25, -0.2) is 0 Å². The molecule has 0 radical (unpaired) electrons. The first-order valence-corrected chi connectivity index (χ1v) is 5.89. The van der Waals surface area contributed by atoms with E-state index in [0.717, 1.165) is 5.69 Å². The third kappa shape index (κ3) is 3.00. The molecule has 0 saturated carbocycles. The zero-order valence-corrected chi connectivity index (χ0v) is 10.9. The zero-order valence-electron chi connectivity index (χ0n) is 10.2. The molecule has 1 unspecified atom stereocenters. The minimum Gasteiger partial charge on any atom is -0.487 e. The van der Waals surface area contributed by atoms with Crippen LogP contribution in [-0.4, -0.2) is 20.1 Å². The predicted octanol–water partition coefficient (Wildman–Crippen LogP) is 2.10. The minimum absolute atomic E-state index is 0.301. The average Bonchev–Trinajstić information content (AvgIpc) is 2.73. The van der Waals surface area contributed by atoms with Gasteiger partial charge in [0, 0.05) is 17.6 Å². The summed E-state index contributed by atoms with van der Waals surface area (Å²) in [5.74, 6) is 0.597. The summed E-state index contributed by atoms with van der Waals surface area (Å²) in [6.07, 6.45) is 1.14. The van der Waals surface area contributed by atoms with Gasteiger partial charge < -0.3 is 9.84 Å². The normalized spacial score (nSPS) is 12.4. The highest BCUT2D eigenvalue weighted by Crippen LogP contribution is 2.28. The van der Waals surface area contributed by atoms with Crippen molar-refractivity contribution in [3.63, 3.8) is 0 Å². The van der Waals surface area contributed by atoms with E-state index in [1.165, 1.54) is 0 Å². The highest BCUT2D eigenvalue weighted by Gasteiger charge is 2.10. The van der Waals surface area contributed by atoms with Gasteiger partial charge in [0.1, 0.15) is 18.1 Å². The molecule has 0 aliphatic rings. The number of benzene rings is 1. The van der Waals surface area contributed by atoms with Crippen LogP contribution in [0.1, 0.15) is 24.3 Å². The Morgan fingerprint density at radius 3 is 2.89 bits per heavy atom. The molecule has 0 spiro atoms. The first kappa shape index (κ1) is 12.9. The molecular weight excluding hydrogens is 254 g/mol. The van der Waals surface area contributed by atoms with Crippen molar-refractivity contribution < 1.29 is 9.84 Å². The van der Waals surface area contributed by atoms with Gasteiger partial charge in [-0.2, -0.15) is 0 Å². The molecule has 5 nitrogen and oxygen atoms in total. The van der Waals surface area contributed by atoms with Crippen LogP contribution in [-0.2, 0) is 13.7 Å². The van der Waals surface area contributed by atoms with E-state index in [2.05, 4.69) is 10.3 Å². The molecule has 1 aromatic carbocycles. The highest BCUT2D eigenvalue weighted by molar-refractivity contribution is 6.30. The summed E-state index contributed by atoms with van der Waals surface area (Å²) in [4.78, 5) is 0. The number of rotatable bonds is 4. The van der Waals surface area contributed by atoms with Crippen LogP contribution in [0.15, 0.2) is 24.4 Å². The standard InChI is InChI=1S/C12H14ClN3O2/c1-8(17)11-5-9(13)3-4-12(11)18-7-10-6-16(2)15-14-10/h3-6,8,17H,7H2,1-2H3. The average molecular weight is 268 g/mol. The van der Waals surface area contributed by atoms with E-state index in [1.54, 1.807) is 43.0 Å². The number of nitrogens with zero attached hydrogens (tertiary/aromatic N) is 3. The number of aryl methyl sites for hydroxylation is 1. The van der Waals surface area contributed by atoms with Crippen molar-refractivity contribution >= 4 is 11.6 Å². The number of aliphatic hydroxyl groups excluding tert-OH is 1. The fourth-order valence-electron chi connectivity index (χ4n) is 1.59. The van der Waals surface area contributed by atoms with E-state index in [4.69, 9.17) is 16.3 Å². The number of aliphatic hydroxyl groups is 1. The maximum absolute atomic E-state index is 9.66. The quantitative estimate of drug-likeness (QED) is 0.922. The Kier molecular flexibility index (Phi) is 3.84. The Bertz CT molecular complexity index is 540. The van der Waals surface area contributed by atoms with E-state index in [1.807, 2.05) is 0 Å². The molecule has 1 N–H and O–H groups in total. The Hall–Kier alpha value is -1.59. The van der Waals surface area contributed by atoms with Gasteiger partial charge in [0.25, 0.3) is 0 Å². The summed E-state index contributed by atoms with van der Waals surface area (Å²) in [6, 6.07) is 5.15. The molecule has 0 aliphatic carbocycles. The molecular formula is C12H14ClN3O2. The Balaban J connectivity index is 2.13. The van der Waals surface area contributed by atoms with E-state index < -0.39 is 6.10 Å². The van der Waals surface area contributed by atoms with Gasteiger partial charge in [0.15, 0.2) is 0 Å². The minimum atomic E-state index is -0.638. The summed E-state index contributed by atoms with van der Waals surface area (Å²) in [5, 5.41) is 18.0. The van der Waals surface area contributed by atoms with Crippen LogP contribution in [0.5, 0.6) is 5.75 Å². The molecule has 0 fully saturated rings. The number of aromatic nitrogens is 3. The summed E-state index contributed by atoms with van der Waals surface area (Å²) >= 11 is 5.89.